The molecule has 0 spiro atoms. The van der Waals surface area contributed by atoms with Crippen LogP contribution in [0, 0.1) is 0 Å². The Kier molecular flexibility index (Phi) is 5.50. The lowest BCUT2D eigenvalue weighted by atomic mass is 10.2. The van der Waals surface area contributed by atoms with E-state index in [-0.39, 0.29) is 23.0 Å². The second-order valence-electron chi connectivity index (χ2n) is 5.89. The number of rotatable bonds is 7. The van der Waals surface area contributed by atoms with Crippen LogP contribution in [-0.4, -0.2) is 55.5 Å². The topological polar surface area (TPSA) is 126 Å². The molecule has 13 heteroatoms. The molecule has 0 fully saturated rings. The number of hydrogen-bond acceptors (Lipinski definition) is 7. The Morgan fingerprint density at radius 1 is 1.34 bits per heavy atom. The molecule has 0 aromatic carbocycles. The maximum Gasteiger partial charge on any atom is 0.435 e. The van der Waals surface area contributed by atoms with Gasteiger partial charge in [-0.2, -0.15) is 23.3 Å². The molecule has 3 heterocycles. The average molecular weight is 410 g/mol. The van der Waals surface area contributed by atoms with E-state index in [2.05, 4.69) is 25.4 Å². The van der Waals surface area contributed by atoms with E-state index in [1.165, 1.54) is 17.8 Å². The van der Waals surface area contributed by atoms with Crippen molar-refractivity contribution in [2.75, 3.05) is 25.6 Å². The van der Waals surface area contributed by atoms with Gasteiger partial charge in [0.05, 0.1) is 24.1 Å². The summed E-state index contributed by atoms with van der Waals surface area (Å²) in [5.74, 6) is -0.713. The highest BCUT2D eigenvalue weighted by Gasteiger charge is 2.39. The molecule has 3 aromatic rings. The summed E-state index contributed by atoms with van der Waals surface area (Å²) in [4.78, 5) is 23.3. The van der Waals surface area contributed by atoms with Crippen molar-refractivity contribution in [2.45, 2.75) is 6.18 Å². The summed E-state index contributed by atoms with van der Waals surface area (Å²) in [7, 11) is 2.93. The maximum absolute atomic E-state index is 13.6. The molecule has 0 atom stereocenters. The third kappa shape index (κ3) is 4.18. The lowest BCUT2D eigenvalue weighted by Crippen LogP contribution is -2.17. The van der Waals surface area contributed by atoms with Crippen molar-refractivity contribution in [1.82, 2.24) is 29.3 Å². The molecule has 0 bridgehead atoms. The fraction of sp³-hybridized carbons (Fsp3) is 0.312. The van der Waals surface area contributed by atoms with Crippen LogP contribution < -0.4 is 11.1 Å². The lowest BCUT2D eigenvalue weighted by molar-refractivity contribution is -0.140. The van der Waals surface area contributed by atoms with Gasteiger partial charge in [-0.1, -0.05) is 0 Å². The van der Waals surface area contributed by atoms with E-state index in [1.807, 2.05) is 0 Å². The van der Waals surface area contributed by atoms with E-state index >= 15 is 0 Å². The van der Waals surface area contributed by atoms with Crippen LogP contribution in [0.5, 0.6) is 0 Å². The van der Waals surface area contributed by atoms with Crippen LogP contribution in [0.25, 0.3) is 17.2 Å². The highest BCUT2D eigenvalue weighted by atomic mass is 19.4. The summed E-state index contributed by atoms with van der Waals surface area (Å²) in [5.41, 5.74) is 3.75. The quantitative estimate of drug-likeness (QED) is 0.561. The molecule has 0 saturated carbocycles. The van der Waals surface area contributed by atoms with Crippen molar-refractivity contribution in [3.63, 3.8) is 0 Å². The van der Waals surface area contributed by atoms with Crippen LogP contribution in [0.4, 0.5) is 19.0 Å². The highest BCUT2D eigenvalue weighted by Crippen LogP contribution is 2.36. The van der Waals surface area contributed by atoms with Gasteiger partial charge < -0.3 is 20.4 Å². The summed E-state index contributed by atoms with van der Waals surface area (Å²) < 4.78 is 47.7. The number of imidazole rings is 1. The van der Waals surface area contributed by atoms with Gasteiger partial charge in [0.15, 0.2) is 11.5 Å². The average Bonchev–Trinajstić information content (AvgIpc) is 3.26. The second-order valence-corrected chi connectivity index (χ2v) is 5.89. The van der Waals surface area contributed by atoms with Gasteiger partial charge in [0.25, 0.3) is 11.9 Å². The normalized spacial score (nSPS) is 11.6. The van der Waals surface area contributed by atoms with Gasteiger partial charge in [0.1, 0.15) is 5.82 Å². The molecule has 0 aliphatic rings. The molecule has 0 aliphatic heterocycles. The SMILES string of the molecule is COCCNc1ccnc(-n2cc(-c3cnc(C(N)=O)n3C)c(C(F)(F)F)n2)n1. The minimum absolute atomic E-state index is 0.0201. The molecular weight excluding hydrogens is 393 g/mol. The van der Waals surface area contributed by atoms with Crippen molar-refractivity contribution in [2.24, 2.45) is 12.8 Å². The zero-order valence-electron chi connectivity index (χ0n) is 15.4. The number of nitrogens with one attached hydrogen (secondary N) is 1. The molecule has 3 rings (SSSR count). The van der Waals surface area contributed by atoms with E-state index in [1.54, 1.807) is 13.2 Å². The van der Waals surface area contributed by atoms with E-state index in [0.717, 1.165) is 17.1 Å². The molecule has 0 saturated heterocycles. The molecule has 1 amide bonds. The number of hydrogen-bond donors (Lipinski definition) is 2. The van der Waals surface area contributed by atoms with Gasteiger partial charge in [0, 0.05) is 33.1 Å². The number of anilines is 1. The lowest BCUT2D eigenvalue weighted by Gasteiger charge is -2.07. The monoisotopic (exact) mass is 410 g/mol. The third-order valence-electron chi connectivity index (χ3n) is 3.93. The van der Waals surface area contributed by atoms with Crippen LogP contribution in [0.1, 0.15) is 16.3 Å². The minimum Gasteiger partial charge on any atom is -0.383 e. The minimum atomic E-state index is -4.76. The van der Waals surface area contributed by atoms with E-state index in [9.17, 15) is 18.0 Å². The second kappa shape index (κ2) is 7.87. The number of carbonyl (C=O) groups excluding carboxylic acids is 1. The Hall–Kier alpha value is -3.48. The van der Waals surface area contributed by atoms with E-state index < -0.39 is 17.8 Å². The Morgan fingerprint density at radius 3 is 2.72 bits per heavy atom. The van der Waals surface area contributed by atoms with Gasteiger partial charge in [-0.05, 0) is 6.07 Å². The van der Waals surface area contributed by atoms with Crippen LogP contribution in [0.3, 0.4) is 0 Å². The maximum atomic E-state index is 13.6. The van der Waals surface area contributed by atoms with Crippen LogP contribution in [0.2, 0.25) is 0 Å². The Labute approximate surface area is 162 Å². The van der Waals surface area contributed by atoms with Crippen molar-refractivity contribution in [3.8, 4) is 17.2 Å². The van der Waals surface area contributed by atoms with Gasteiger partial charge in [-0.3, -0.25) is 4.79 Å². The largest absolute Gasteiger partial charge is 0.435 e. The number of carbonyl (C=O) groups is 1. The first-order valence-electron chi connectivity index (χ1n) is 8.27. The van der Waals surface area contributed by atoms with Crippen molar-refractivity contribution in [1.29, 1.82) is 0 Å². The predicted octanol–water partition coefficient (Wildman–Crippen LogP) is 1.24. The van der Waals surface area contributed by atoms with Gasteiger partial charge in [-0.15, -0.1) is 0 Å². The number of methoxy groups -OCH3 is 1. The standard InChI is InChI=1S/C16H17F3N8O2/c1-26-10(7-23-14(26)13(20)28)9-8-27(25-12(9)16(17,18)19)15-22-4-3-11(24-15)21-5-6-29-2/h3-4,7-8H,5-6H2,1-2H3,(H2,20,28)(H,21,22,24). The number of alkyl halides is 3. The van der Waals surface area contributed by atoms with E-state index in [4.69, 9.17) is 10.5 Å². The summed E-state index contributed by atoms with van der Waals surface area (Å²) in [6, 6.07) is 1.56. The summed E-state index contributed by atoms with van der Waals surface area (Å²) in [6.45, 7) is 0.877. The zero-order chi connectivity index (χ0) is 21.2. The van der Waals surface area contributed by atoms with Crippen molar-refractivity contribution < 1.29 is 22.7 Å². The third-order valence-corrected chi connectivity index (χ3v) is 3.93. The van der Waals surface area contributed by atoms with Gasteiger partial charge in [0.2, 0.25) is 0 Å². The van der Waals surface area contributed by atoms with Gasteiger partial charge in [-0.25, -0.2) is 14.6 Å². The number of primary amides is 1. The number of nitrogens with two attached hydrogens (primary N) is 1. The fourth-order valence-corrected chi connectivity index (χ4v) is 2.60. The van der Waals surface area contributed by atoms with Crippen molar-refractivity contribution in [3.05, 3.63) is 36.2 Å². The first-order valence-corrected chi connectivity index (χ1v) is 8.27. The Morgan fingerprint density at radius 2 is 2.10 bits per heavy atom. The molecule has 0 aliphatic carbocycles. The molecule has 154 valence electrons. The molecule has 10 nitrogen and oxygen atoms in total. The van der Waals surface area contributed by atoms with E-state index in [0.29, 0.717) is 19.0 Å². The van der Waals surface area contributed by atoms with Crippen LogP contribution in [-0.2, 0) is 18.0 Å². The number of amides is 1. The molecule has 3 N–H and O–H groups in total. The molecule has 3 aromatic heterocycles. The summed E-state index contributed by atoms with van der Waals surface area (Å²) in [5, 5.41) is 6.58. The Bertz CT molecular complexity index is 1030. The number of halogens is 3. The Balaban J connectivity index is 2.05. The number of aromatic nitrogens is 6. The smallest absolute Gasteiger partial charge is 0.383 e. The first-order chi connectivity index (χ1) is 13.7. The first kappa shape index (κ1) is 20.3. The molecular formula is C16H17F3N8O2. The van der Waals surface area contributed by atoms with Crippen LogP contribution >= 0.6 is 0 Å². The summed E-state index contributed by atoms with van der Waals surface area (Å²) in [6.07, 6.45) is -1.12. The number of nitrogens with zero attached hydrogens (tertiary/aromatic N) is 6. The molecule has 0 radical (unpaired) electrons. The summed E-state index contributed by atoms with van der Waals surface area (Å²) >= 11 is 0. The van der Waals surface area contributed by atoms with Crippen molar-refractivity contribution >= 4 is 11.7 Å². The highest BCUT2D eigenvalue weighted by molar-refractivity contribution is 5.90. The molecule has 29 heavy (non-hydrogen) atoms. The molecule has 0 unspecified atom stereocenters. The predicted molar refractivity (Wildman–Crippen MR) is 95.2 cm³/mol. The van der Waals surface area contributed by atoms with Gasteiger partial charge >= 0.3 is 6.18 Å². The van der Waals surface area contributed by atoms with Crippen LogP contribution in [0.15, 0.2) is 24.7 Å². The fourth-order valence-electron chi connectivity index (χ4n) is 2.60. The number of ether oxygens (including phenoxy) is 1. The zero-order valence-corrected chi connectivity index (χ0v) is 15.4.